The molecule has 17 heavy (non-hydrogen) atoms. The lowest BCUT2D eigenvalue weighted by molar-refractivity contribution is -0.146. The van der Waals surface area contributed by atoms with Crippen LogP contribution in [0.25, 0.3) is 0 Å². The van der Waals surface area contributed by atoms with E-state index in [1.54, 1.807) is 0 Å². The zero-order chi connectivity index (χ0) is 12.8. The van der Waals surface area contributed by atoms with Gasteiger partial charge >= 0.3 is 5.97 Å². The van der Waals surface area contributed by atoms with Crippen molar-refractivity contribution in [1.82, 2.24) is 5.32 Å². The topological polar surface area (TPSA) is 38.3 Å². The highest BCUT2D eigenvalue weighted by Crippen LogP contribution is 2.12. The summed E-state index contributed by atoms with van der Waals surface area (Å²) in [5, 5.41) is 3.15. The normalized spacial score (nSPS) is 12.5. The van der Waals surface area contributed by atoms with E-state index in [0.29, 0.717) is 0 Å². The standard InChI is InChI=1S/C14H21NO2/c1-10(2)17-14(16)9-15-12(4)13-7-5-11(3)6-8-13/h5-8,10,12,15H,9H2,1-4H3/t12-/m1/s1. The number of hydrogen-bond donors (Lipinski definition) is 1. The van der Waals surface area contributed by atoms with Gasteiger partial charge in [0.05, 0.1) is 12.6 Å². The van der Waals surface area contributed by atoms with Crippen molar-refractivity contribution in [2.24, 2.45) is 0 Å². The number of aryl methyl sites for hydroxylation is 1. The third-order valence-corrected chi connectivity index (χ3v) is 2.50. The Labute approximate surface area is 103 Å². The summed E-state index contributed by atoms with van der Waals surface area (Å²) >= 11 is 0. The summed E-state index contributed by atoms with van der Waals surface area (Å²) in [5.74, 6) is -0.209. The van der Waals surface area contributed by atoms with Gasteiger partial charge in [-0.15, -0.1) is 0 Å². The fourth-order valence-corrected chi connectivity index (χ4v) is 1.51. The van der Waals surface area contributed by atoms with Crippen LogP contribution in [0.2, 0.25) is 0 Å². The average Bonchev–Trinajstić information content (AvgIpc) is 2.26. The van der Waals surface area contributed by atoms with Crippen molar-refractivity contribution >= 4 is 5.97 Å². The molecule has 1 aromatic carbocycles. The number of ether oxygens (including phenoxy) is 1. The molecule has 0 unspecified atom stereocenters. The van der Waals surface area contributed by atoms with E-state index in [0.717, 1.165) is 0 Å². The largest absolute Gasteiger partial charge is 0.462 e. The molecule has 0 amide bonds. The lowest BCUT2D eigenvalue weighted by atomic mass is 10.1. The first-order valence-corrected chi connectivity index (χ1v) is 5.98. The molecule has 0 spiro atoms. The number of nitrogens with one attached hydrogen (secondary N) is 1. The molecule has 0 heterocycles. The van der Waals surface area contributed by atoms with E-state index in [4.69, 9.17) is 4.74 Å². The van der Waals surface area contributed by atoms with Crippen LogP contribution in [-0.2, 0) is 9.53 Å². The molecule has 3 heteroatoms. The third-order valence-electron chi connectivity index (χ3n) is 2.50. The second-order valence-corrected chi connectivity index (χ2v) is 4.55. The lowest BCUT2D eigenvalue weighted by Crippen LogP contribution is -2.28. The van der Waals surface area contributed by atoms with Crippen LogP contribution >= 0.6 is 0 Å². The van der Waals surface area contributed by atoms with E-state index in [1.165, 1.54) is 11.1 Å². The molecule has 0 saturated heterocycles. The van der Waals surface area contributed by atoms with Gasteiger partial charge in [0.1, 0.15) is 0 Å². The summed E-state index contributed by atoms with van der Waals surface area (Å²) in [6, 6.07) is 8.43. The van der Waals surface area contributed by atoms with Gasteiger partial charge in [-0.2, -0.15) is 0 Å². The molecule has 1 rings (SSSR count). The Balaban J connectivity index is 2.42. The summed E-state index contributed by atoms with van der Waals surface area (Å²) in [6.07, 6.45) is -0.0565. The van der Waals surface area contributed by atoms with E-state index in [-0.39, 0.29) is 24.7 Å². The van der Waals surface area contributed by atoms with Crippen LogP contribution < -0.4 is 5.32 Å². The van der Waals surface area contributed by atoms with Gasteiger partial charge in [-0.25, -0.2) is 0 Å². The Morgan fingerprint density at radius 3 is 2.35 bits per heavy atom. The SMILES string of the molecule is Cc1ccc([C@@H](C)NCC(=O)OC(C)C)cc1. The van der Waals surface area contributed by atoms with Crippen LogP contribution in [0.1, 0.15) is 37.9 Å². The predicted molar refractivity (Wildman–Crippen MR) is 68.8 cm³/mol. The molecule has 0 aliphatic rings. The monoisotopic (exact) mass is 235 g/mol. The zero-order valence-electron chi connectivity index (χ0n) is 11.0. The van der Waals surface area contributed by atoms with Crippen LogP contribution in [0.5, 0.6) is 0 Å². The molecule has 0 bridgehead atoms. The van der Waals surface area contributed by atoms with Crippen molar-refractivity contribution in [3.63, 3.8) is 0 Å². The van der Waals surface area contributed by atoms with Gasteiger partial charge in [-0.05, 0) is 33.3 Å². The number of esters is 1. The van der Waals surface area contributed by atoms with Crippen molar-refractivity contribution in [1.29, 1.82) is 0 Å². The lowest BCUT2D eigenvalue weighted by Gasteiger charge is -2.15. The van der Waals surface area contributed by atoms with E-state index in [2.05, 4.69) is 36.5 Å². The molecule has 1 N–H and O–H groups in total. The second-order valence-electron chi connectivity index (χ2n) is 4.55. The number of hydrogen-bond acceptors (Lipinski definition) is 3. The fraction of sp³-hybridized carbons (Fsp3) is 0.500. The van der Waals surface area contributed by atoms with Crippen molar-refractivity contribution < 1.29 is 9.53 Å². The minimum atomic E-state index is -0.209. The van der Waals surface area contributed by atoms with Crippen molar-refractivity contribution in [2.75, 3.05) is 6.54 Å². The van der Waals surface area contributed by atoms with Gasteiger partial charge in [-0.1, -0.05) is 29.8 Å². The predicted octanol–water partition coefficient (Wildman–Crippen LogP) is 2.60. The molecule has 0 radical (unpaired) electrons. The molecule has 0 saturated carbocycles. The summed E-state index contributed by atoms with van der Waals surface area (Å²) in [5.41, 5.74) is 2.41. The number of rotatable bonds is 5. The molecule has 1 aromatic rings. The van der Waals surface area contributed by atoms with Crippen molar-refractivity contribution in [3.05, 3.63) is 35.4 Å². The second kappa shape index (κ2) is 6.40. The first kappa shape index (κ1) is 13.7. The Bertz CT molecular complexity index is 357. The maximum absolute atomic E-state index is 11.4. The van der Waals surface area contributed by atoms with Gasteiger partial charge in [0.15, 0.2) is 0 Å². The Kier molecular flexibility index (Phi) is 5.16. The van der Waals surface area contributed by atoms with Gasteiger partial charge < -0.3 is 10.1 Å². The molecular formula is C14H21NO2. The maximum Gasteiger partial charge on any atom is 0.320 e. The Hall–Kier alpha value is -1.35. The maximum atomic E-state index is 11.4. The molecular weight excluding hydrogens is 214 g/mol. The van der Waals surface area contributed by atoms with Gasteiger partial charge in [0.2, 0.25) is 0 Å². The smallest absolute Gasteiger partial charge is 0.320 e. The Morgan fingerprint density at radius 2 is 1.82 bits per heavy atom. The van der Waals surface area contributed by atoms with Crippen LogP contribution in [0.4, 0.5) is 0 Å². The van der Waals surface area contributed by atoms with E-state index >= 15 is 0 Å². The summed E-state index contributed by atoms with van der Waals surface area (Å²) in [7, 11) is 0. The van der Waals surface area contributed by atoms with Crippen LogP contribution in [0.3, 0.4) is 0 Å². The molecule has 3 nitrogen and oxygen atoms in total. The molecule has 94 valence electrons. The minimum Gasteiger partial charge on any atom is -0.462 e. The van der Waals surface area contributed by atoms with E-state index in [9.17, 15) is 4.79 Å². The number of carbonyl (C=O) groups excluding carboxylic acids is 1. The van der Waals surface area contributed by atoms with Gasteiger partial charge in [0.25, 0.3) is 0 Å². The quantitative estimate of drug-likeness (QED) is 0.797. The van der Waals surface area contributed by atoms with Crippen LogP contribution in [0, 0.1) is 6.92 Å². The third kappa shape index (κ3) is 5.00. The average molecular weight is 235 g/mol. The zero-order valence-corrected chi connectivity index (χ0v) is 11.0. The molecule has 0 aliphatic carbocycles. The first-order valence-electron chi connectivity index (χ1n) is 5.98. The minimum absolute atomic E-state index is 0.0565. The van der Waals surface area contributed by atoms with Gasteiger partial charge in [0, 0.05) is 6.04 Å². The molecule has 0 aromatic heterocycles. The highest BCUT2D eigenvalue weighted by molar-refractivity contribution is 5.71. The first-order chi connectivity index (χ1) is 7.99. The highest BCUT2D eigenvalue weighted by Gasteiger charge is 2.09. The Morgan fingerprint density at radius 1 is 1.24 bits per heavy atom. The highest BCUT2D eigenvalue weighted by atomic mass is 16.5. The molecule has 1 atom stereocenters. The molecule has 0 aliphatic heterocycles. The van der Waals surface area contributed by atoms with Crippen molar-refractivity contribution in [2.45, 2.75) is 39.8 Å². The summed E-state index contributed by atoms with van der Waals surface area (Å²) in [4.78, 5) is 11.4. The fourth-order valence-electron chi connectivity index (χ4n) is 1.51. The van der Waals surface area contributed by atoms with E-state index < -0.39 is 0 Å². The number of benzene rings is 1. The number of carbonyl (C=O) groups is 1. The van der Waals surface area contributed by atoms with E-state index in [1.807, 2.05) is 20.8 Å². The van der Waals surface area contributed by atoms with Crippen molar-refractivity contribution in [3.8, 4) is 0 Å². The summed E-state index contributed by atoms with van der Waals surface area (Å²) < 4.78 is 5.05. The van der Waals surface area contributed by atoms with Crippen LogP contribution in [-0.4, -0.2) is 18.6 Å². The summed E-state index contributed by atoms with van der Waals surface area (Å²) in [6.45, 7) is 8.03. The van der Waals surface area contributed by atoms with Gasteiger partial charge in [-0.3, -0.25) is 4.79 Å². The van der Waals surface area contributed by atoms with Crippen LogP contribution in [0.15, 0.2) is 24.3 Å². The molecule has 0 fully saturated rings.